The molecule has 1 aliphatic rings. The Morgan fingerprint density at radius 1 is 1.33 bits per heavy atom. The van der Waals surface area contributed by atoms with E-state index in [9.17, 15) is 0 Å². The van der Waals surface area contributed by atoms with Crippen LogP contribution in [-0.2, 0) is 6.54 Å². The van der Waals surface area contributed by atoms with Crippen molar-refractivity contribution in [3.05, 3.63) is 46.5 Å². The van der Waals surface area contributed by atoms with Crippen LogP contribution in [0.1, 0.15) is 54.7 Å². The van der Waals surface area contributed by atoms with E-state index in [1.54, 1.807) is 11.3 Å². The predicted octanol–water partition coefficient (Wildman–Crippen LogP) is 4.19. The van der Waals surface area contributed by atoms with E-state index in [0.29, 0.717) is 17.1 Å². The van der Waals surface area contributed by atoms with E-state index in [0.717, 1.165) is 13.1 Å². The molecule has 3 rings (SSSR count). The molecule has 0 radical (unpaired) electrons. The Balaban J connectivity index is 1.74. The van der Waals surface area contributed by atoms with Gasteiger partial charge in [0.1, 0.15) is 0 Å². The van der Waals surface area contributed by atoms with Gasteiger partial charge in [0.15, 0.2) is 5.13 Å². The van der Waals surface area contributed by atoms with Crippen molar-refractivity contribution in [2.75, 3.05) is 12.3 Å². The molecule has 3 nitrogen and oxygen atoms in total. The second-order valence-electron chi connectivity index (χ2n) is 6.11. The summed E-state index contributed by atoms with van der Waals surface area (Å²) in [5.41, 5.74) is 8.59. The highest BCUT2D eigenvalue weighted by atomic mass is 32.1. The number of hydrogen-bond donors (Lipinski definition) is 1. The maximum Gasteiger partial charge on any atom is 0.180 e. The number of nitrogen functional groups attached to an aromatic ring is 1. The van der Waals surface area contributed by atoms with Crippen LogP contribution >= 0.6 is 11.3 Å². The summed E-state index contributed by atoms with van der Waals surface area (Å²) in [6.45, 7) is 6.61. The molecule has 2 aromatic rings. The van der Waals surface area contributed by atoms with Gasteiger partial charge in [-0.05, 0) is 36.4 Å². The van der Waals surface area contributed by atoms with Gasteiger partial charge in [-0.15, -0.1) is 11.3 Å². The fourth-order valence-corrected chi connectivity index (χ4v) is 3.80. The molecule has 0 spiro atoms. The van der Waals surface area contributed by atoms with Gasteiger partial charge in [0.2, 0.25) is 0 Å². The Labute approximate surface area is 130 Å². The first-order chi connectivity index (χ1) is 10.1. The first-order valence-electron chi connectivity index (χ1n) is 7.67. The number of aromatic nitrogens is 1. The molecule has 112 valence electrons. The summed E-state index contributed by atoms with van der Waals surface area (Å²) in [6, 6.07) is 9.70. The van der Waals surface area contributed by atoms with E-state index >= 15 is 0 Å². The highest BCUT2D eigenvalue weighted by Crippen LogP contribution is 2.34. The first-order valence-corrected chi connectivity index (χ1v) is 8.49. The normalized spacial score (nSPS) is 19.5. The van der Waals surface area contributed by atoms with Crippen LogP contribution in [0.25, 0.3) is 0 Å². The van der Waals surface area contributed by atoms with Crippen LogP contribution in [-0.4, -0.2) is 16.4 Å². The van der Waals surface area contributed by atoms with Gasteiger partial charge in [-0.3, -0.25) is 4.90 Å². The van der Waals surface area contributed by atoms with Gasteiger partial charge in [0.05, 0.1) is 0 Å². The number of nitrogens with zero attached hydrogens (tertiary/aromatic N) is 2. The van der Waals surface area contributed by atoms with Crippen molar-refractivity contribution >= 4 is 16.5 Å². The minimum Gasteiger partial charge on any atom is -0.375 e. The molecular formula is C17H23N3S. The van der Waals surface area contributed by atoms with Crippen LogP contribution < -0.4 is 5.73 Å². The molecule has 1 aliphatic heterocycles. The zero-order valence-electron chi connectivity index (χ0n) is 12.7. The highest BCUT2D eigenvalue weighted by molar-refractivity contribution is 7.15. The summed E-state index contributed by atoms with van der Waals surface area (Å²) in [5.74, 6) is 0.596. The Hall–Kier alpha value is -1.39. The van der Waals surface area contributed by atoms with Crippen molar-refractivity contribution in [1.82, 2.24) is 9.88 Å². The largest absolute Gasteiger partial charge is 0.375 e. The maximum atomic E-state index is 5.73. The summed E-state index contributed by atoms with van der Waals surface area (Å²) in [4.78, 5) is 7.97. The molecule has 1 fully saturated rings. The summed E-state index contributed by atoms with van der Waals surface area (Å²) < 4.78 is 0. The predicted molar refractivity (Wildman–Crippen MR) is 89.4 cm³/mol. The van der Waals surface area contributed by atoms with Crippen LogP contribution in [0.3, 0.4) is 0 Å². The monoisotopic (exact) mass is 301 g/mol. The van der Waals surface area contributed by atoms with E-state index < -0.39 is 0 Å². The van der Waals surface area contributed by atoms with Crippen LogP contribution in [0.2, 0.25) is 0 Å². The third-order valence-corrected chi connectivity index (χ3v) is 5.09. The third-order valence-electron chi connectivity index (χ3n) is 4.28. The van der Waals surface area contributed by atoms with E-state index in [4.69, 9.17) is 5.73 Å². The van der Waals surface area contributed by atoms with E-state index in [1.165, 1.54) is 28.8 Å². The molecule has 1 aromatic carbocycles. The lowest BCUT2D eigenvalue weighted by Gasteiger charge is -2.24. The van der Waals surface area contributed by atoms with E-state index in [2.05, 4.69) is 48.0 Å². The number of hydrogen-bond acceptors (Lipinski definition) is 4. The van der Waals surface area contributed by atoms with Crippen molar-refractivity contribution in [2.45, 2.75) is 45.2 Å². The van der Waals surface area contributed by atoms with Crippen LogP contribution in [0.4, 0.5) is 5.13 Å². The lowest BCUT2D eigenvalue weighted by atomic mass is 9.98. The molecule has 1 aromatic heterocycles. The second-order valence-corrected chi connectivity index (χ2v) is 7.26. The maximum absolute atomic E-state index is 5.73. The van der Waals surface area contributed by atoms with Crippen molar-refractivity contribution in [3.8, 4) is 0 Å². The molecule has 4 heteroatoms. The average Bonchev–Trinajstić information content (AvgIpc) is 3.09. The number of benzene rings is 1. The van der Waals surface area contributed by atoms with Gasteiger partial charge in [0, 0.05) is 23.7 Å². The van der Waals surface area contributed by atoms with E-state index in [-0.39, 0.29) is 0 Å². The van der Waals surface area contributed by atoms with Crippen LogP contribution in [0.15, 0.2) is 30.5 Å². The lowest BCUT2D eigenvalue weighted by Crippen LogP contribution is -2.22. The Bertz CT molecular complexity index is 588. The van der Waals surface area contributed by atoms with Gasteiger partial charge in [0.25, 0.3) is 0 Å². The van der Waals surface area contributed by atoms with Gasteiger partial charge >= 0.3 is 0 Å². The summed E-state index contributed by atoms with van der Waals surface area (Å²) in [6.07, 6.45) is 4.43. The van der Waals surface area contributed by atoms with E-state index in [1.807, 2.05) is 6.20 Å². The number of thiazole rings is 1. The molecule has 1 unspecified atom stereocenters. The second kappa shape index (κ2) is 6.16. The van der Waals surface area contributed by atoms with Crippen molar-refractivity contribution in [3.63, 3.8) is 0 Å². The fraction of sp³-hybridized carbons (Fsp3) is 0.471. The van der Waals surface area contributed by atoms with Crippen molar-refractivity contribution in [1.29, 1.82) is 0 Å². The summed E-state index contributed by atoms with van der Waals surface area (Å²) >= 11 is 1.60. The third kappa shape index (κ3) is 3.27. The summed E-state index contributed by atoms with van der Waals surface area (Å²) in [7, 11) is 0. The van der Waals surface area contributed by atoms with Crippen LogP contribution in [0, 0.1) is 0 Å². The molecular weight excluding hydrogens is 278 g/mol. The van der Waals surface area contributed by atoms with Crippen molar-refractivity contribution < 1.29 is 0 Å². The minimum absolute atomic E-state index is 0.537. The van der Waals surface area contributed by atoms with Crippen molar-refractivity contribution in [2.24, 2.45) is 0 Å². The number of nitrogens with two attached hydrogens (primary N) is 1. The zero-order valence-corrected chi connectivity index (χ0v) is 13.6. The van der Waals surface area contributed by atoms with Crippen LogP contribution in [0.5, 0.6) is 0 Å². The first kappa shape index (κ1) is 14.5. The van der Waals surface area contributed by atoms with Gasteiger partial charge in [-0.25, -0.2) is 4.98 Å². The van der Waals surface area contributed by atoms with Gasteiger partial charge in [-0.2, -0.15) is 0 Å². The lowest BCUT2D eigenvalue weighted by molar-refractivity contribution is 0.250. The average molecular weight is 301 g/mol. The Morgan fingerprint density at radius 2 is 2.10 bits per heavy atom. The highest BCUT2D eigenvalue weighted by Gasteiger charge is 2.26. The van der Waals surface area contributed by atoms with Gasteiger partial charge in [-0.1, -0.05) is 38.1 Å². The summed E-state index contributed by atoms with van der Waals surface area (Å²) in [5, 5.41) is 0.669. The SMILES string of the molecule is CC(C)c1ccc(C2CCCN2Cc2cnc(N)s2)cc1. The van der Waals surface area contributed by atoms with Gasteiger partial charge < -0.3 is 5.73 Å². The smallest absolute Gasteiger partial charge is 0.180 e. The molecule has 21 heavy (non-hydrogen) atoms. The standard InChI is InChI=1S/C17H23N3S/c1-12(2)13-5-7-14(8-6-13)16-4-3-9-20(16)11-15-10-19-17(18)21-15/h5-8,10,12,16H,3-4,9,11H2,1-2H3,(H2,18,19). The Kier molecular flexibility index (Phi) is 4.27. The quantitative estimate of drug-likeness (QED) is 0.921. The molecule has 2 heterocycles. The molecule has 0 amide bonds. The molecule has 1 atom stereocenters. The molecule has 1 saturated heterocycles. The molecule has 0 aliphatic carbocycles. The molecule has 0 saturated carbocycles. The molecule has 2 N–H and O–H groups in total. The minimum atomic E-state index is 0.537. The number of anilines is 1. The number of likely N-dealkylation sites (tertiary alicyclic amines) is 1. The topological polar surface area (TPSA) is 42.2 Å². The fourth-order valence-electron chi connectivity index (χ4n) is 3.09. The molecule has 0 bridgehead atoms. The Morgan fingerprint density at radius 3 is 2.71 bits per heavy atom. The number of rotatable bonds is 4. The zero-order chi connectivity index (χ0) is 14.8.